The summed E-state index contributed by atoms with van der Waals surface area (Å²) < 4.78 is 0. The van der Waals surface area contributed by atoms with E-state index in [0.29, 0.717) is 6.54 Å². The van der Waals surface area contributed by atoms with Crippen molar-refractivity contribution in [1.82, 2.24) is 9.88 Å². The Kier molecular flexibility index (Phi) is 3.81. The summed E-state index contributed by atoms with van der Waals surface area (Å²) in [5.74, 6) is 2.66. The Hall–Kier alpha value is -2.05. The number of aromatic nitrogens is 1. The molecule has 1 heterocycles. The Bertz CT molecular complexity index is 584. The number of anilines is 1. The van der Waals surface area contributed by atoms with Gasteiger partial charge in [-0.05, 0) is 18.7 Å². The molecule has 92 valence electrons. The highest BCUT2D eigenvalue weighted by atomic mass is 15.1. The summed E-state index contributed by atoms with van der Waals surface area (Å²) in [4.78, 5) is 6.77. The smallest absolute Gasteiger partial charge is 0.0726 e. The number of rotatable bonds is 4. The SMILES string of the molecule is C#CCN(CC)Cc1cc(N)c2ccccc2n1. The summed E-state index contributed by atoms with van der Waals surface area (Å²) in [6.07, 6.45) is 5.34. The van der Waals surface area contributed by atoms with E-state index in [1.54, 1.807) is 0 Å². The minimum atomic E-state index is 0.630. The number of benzene rings is 1. The molecule has 2 rings (SSSR count). The van der Waals surface area contributed by atoms with Crippen LogP contribution in [-0.4, -0.2) is 23.0 Å². The molecule has 2 N–H and O–H groups in total. The molecule has 0 aliphatic carbocycles. The highest BCUT2D eigenvalue weighted by Gasteiger charge is 2.06. The largest absolute Gasteiger partial charge is 0.398 e. The fourth-order valence-corrected chi connectivity index (χ4v) is 1.98. The summed E-state index contributed by atoms with van der Waals surface area (Å²) >= 11 is 0. The molecule has 0 fully saturated rings. The fourth-order valence-electron chi connectivity index (χ4n) is 1.98. The van der Waals surface area contributed by atoms with E-state index in [9.17, 15) is 0 Å². The van der Waals surface area contributed by atoms with Crippen LogP contribution in [0.15, 0.2) is 30.3 Å². The van der Waals surface area contributed by atoms with Gasteiger partial charge < -0.3 is 5.73 Å². The van der Waals surface area contributed by atoms with Gasteiger partial charge in [-0.1, -0.05) is 31.0 Å². The van der Waals surface area contributed by atoms with E-state index in [4.69, 9.17) is 12.2 Å². The molecule has 0 saturated heterocycles. The number of hydrogen-bond acceptors (Lipinski definition) is 3. The van der Waals surface area contributed by atoms with Gasteiger partial charge >= 0.3 is 0 Å². The molecular weight excluding hydrogens is 222 g/mol. The molecule has 0 aliphatic rings. The first-order chi connectivity index (χ1) is 8.74. The number of hydrogen-bond donors (Lipinski definition) is 1. The predicted molar refractivity (Wildman–Crippen MR) is 75.9 cm³/mol. The van der Waals surface area contributed by atoms with Crippen LogP contribution in [0.25, 0.3) is 10.9 Å². The lowest BCUT2D eigenvalue weighted by molar-refractivity contribution is 0.312. The molecule has 0 aliphatic heterocycles. The van der Waals surface area contributed by atoms with Crippen LogP contribution in [0.4, 0.5) is 5.69 Å². The molecule has 18 heavy (non-hydrogen) atoms. The van der Waals surface area contributed by atoms with Gasteiger partial charge in [0.05, 0.1) is 17.8 Å². The van der Waals surface area contributed by atoms with Crippen LogP contribution in [0, 0.1) is 12.3 Å². The molecule has 1 aromatic heterocycles. The summed E-state index contributed by atoms with van der Waals surface area (Å²) in [6.45, 7) is 4.35. The maximum Gasteiger partial charge on any atom is 0.0726 e. The average Bonchev–Trinajstić information content (AvgIpc) is 2.38. The molecule has 0 bridgehead atoms. The Balaban J connectivity index is 2.32. The number of nitrogen functional groups attached to an aromatic ring is 1. The number of fused-ring (bicyclic) bond motifs is 1. The van der Waals surface area contributed by atoms with E-state index in [2.05, 4.69) is 22.7 Å². The average molecular weight is 239 g/mol. The summed E-state index contributed by atoms with van der Waals surface area (Å²) in [5, 5.41) is 1.00. The third kappa shape index (κ3) is 2.61. The quantitative estimate of drug-likeness (QED) is 0.832. The van der Waals surface area contributed by atoms with Crippen molar-refractivity contribution in [3.63, 3.8) is 0 Å². The van der Waals surface area contributed by atoms with Crippen molar-refractivity contribution in [3.05, 3.63) is 36.0 Å². The topological polar surface area (TPSA) is 42.1 Å². The normalized spacial score (nSPS) is 10.7. The van der Waals surface area contributed by atoms with Crippen molar-refractivity contribution < 1.29 is 0 Å². The van der Waals surface area contributed by atoms with Crippen LogP contribution in [0.1, 0.15) is 12.6 Å². The molecule has 0 atom stereocenters. The lowest BCUT2D eigenvalue weighted by Gasteiger charge is -2.17. The Morgan fingerprint density at radius 1 is 1.39 bits per heavy atom. The van der Waals surface area contributed by atoms with E-state index in [1.165, 1.54) is 0 Å². The predicted octanol–water partition coefficient (Wildman–Crippen LogP) is 2.27. The minimum absolute atomic E-state index is 0.630. The number of para-hydroxylation sites is 1. The van der Waals surface area contributed by atoms with Gasteiger partial charge in [-0.3, -0.25) is 9.88 Å². The van der Waals surface area contributed by atoms with Crippen LogP contribution in [0.2, 0.25) is 0 Å². The van der Waals surface area contributed by atoms with Crippen molar-refractivity contribution in [3.8, 4) is 12.3 Å². The molecule has 0 radical (unpaired) electrons. The van der Waals surface area contributed by atoms with Gasteiger partial charge in [-0.25, -0.2) is 0 Å². The number of nitrogens with zero attached hydrogens (tertiary/aromatic N) is 2. The lowest BCUT2D eigenvalue weighted by Crippen LogP contribution is -2.23. The van der Waals surface area contributed by atoms with E-state index in [1.807, 2.05) is 30.3 Å². The standard InChI is InChI=1S/C15H17N3/c1-3-9-18(4-2)11-12-10-14(16)13-7-5-6-8-15(13)17-12/h1,5-8,10H,4,9,11H2,2H3,(H2,16,17). The monoisotopic (exact) mass is 239 g/mol. The molecule has 3 nitrogen and oxygen atoms in total. The van der Waals surface area contributed by atoms with Gasteiger partial charge in [0.15, 0.2) is 0 Å². The van der Waals surface area contributed by atoms with Gasteiger partial charge in [0.1, 0.15) is 0 Å². The number of nitrogens with two attached hydrogens (primary N) is 1. The first kappa shape index (κ1) is 12.4. The molecule has 0 saturated carbocycles. The van der Waals surface area contributed by atoms with E-state index >= 15 is 0 Å². The summed E-state index contributed by atoms with van der Waals surface area (Å²) in [5.41, 5.74) is 8.72. The number of terminal acetylenes is 1. The lowest BCUT2D eigenvalue weighted by atomic mass is 10.1. The highest BCUT2D eigenvalue weighted by Crippen LogP contribution is 2.20. The maximum atomic E-state index is 6.05. The first-order valence-electron chi connectivity index (χ1n) is 6.04. The zero-order valence-electron chi connectivity index (χ0n) is 10.6. The zero-order chi connectivity index (χ0) is 13.0. The summed E-state index contributed by atoms with van der Waals surface area (Å²) in [6, 6.07) is 9.84. The van der Waals surface area contributed by atoms with Crippen molar-refractivity contribution in [2.24, 2.45) is 0 Å². The van der Waals surface area contributed by atoms with Crippen LogP contribution in [-0.2, 0) is 6.54 Å². The zero-order valence-corrected chi connectivity index (χ0v) is 10.6. The molecule has 1 aromatic carbocycles. The molecular formula is C15H17N3. The van der Waals surface area contributed by atoms with Crippen LogP contribution in [0.5, 0.6) is 0 Å². The van der Waals surface area contributed by atoms with Gasteiger partial charge in [-0.2, -0.15) is 0 Å². The van der Waals surface area contributed by atoms with Gasteiger partial charge in [-0.15, -0.1) is 6.42 Å². The molecule has 0 unspecified atom stereocenters. The van der Waals surface area contributed by atoms with Crippen molar-refractivity contribution >= 4 is 16.6 Å². The second-order valence-electron chi connectivity index (χ2n) is 4.23. The van der Waals surface area contributed by atoms with Crippen LogP contribution < -0.4 is 5.73 Å². The highest BCUT2D eigenvalue weighted by molar-refractivity contribution is 5.90. The maximum absolute atomic E-state index is 6.05. The molecule has 2 aromatic rings. The van der Waals surface area contributed by atoms with Crippen molar-refractivity contribution in [2.75, 3.05) is 18.8 Å². The Labute approximate surface area is 108 Å². The van der Waals surface area contributed by atoms with Gasteiger partial charge in [0.25, 0.3) is 0 Å². The Morgan fingerprint density at radius 3 is 2.89 bits per heavy atom. The van der Waals surface area contributed by atoms with Gasteiger partial charge in [0, 0.05) is 17.6 Å². The van der Waals surface area contributed by atoms with Crippen molar-refractivity contribution in [1.29, 1.82) is 0 Å². The molecule has 0 amide bonds. The van der Waals surface area contributed by atoms with E-state index < -0.39 is 0 Å². The van der Waals surface area contributed by atoms with E-state index in [0.717, 1.165) is 35.4 Å². The minimum Gasteiger partial charge on any atom is -0.398 e. The van der Waals surface area contributed by atoms with E-state index in [-0.39, 0.29) is 0 Å². The second-order valence-corrected chi connectivity index (χ2v) is 4.23. The van der Waals surface area contributed by atoms with Crippen molar-refractivity contribution in [2.45, 2.75) is 13.5 Å². The third-order valence-corrected chi connectivity index (χ3v) is 2.95. The third-order valence-electron chi connectivity index (χ3n) is 2.95. The Morgan fingerprint density at radius 2 is 2.17 bits per heavy atom. The molecule has 0 spiro atoms. The number of pyridine rings is 1. The fraction of sp³-hybridized carbons (Fsp3) is 0.267. The summed E-state index contributed by atoms with van der Waals surface area (Å²) in [7, 11) is 0. The van der Waals surface area contributed by atoms with Crippen LogP contribution in [0.3, 0.4) is 0 Å². The van der Waals surface area contributed by atoms with Gasteiger partial charge in [0.2, 0.25) is 0 Å². The first-order valence-corrected chi connectivity index (χ1v) is 6.04. The molecule has 3 heteroatoms. The van der Waals surface area contributed by atoms with Crippen LogP contribution >= 0.6 is 0 Å². The second kappa shape index (κ2) is 5.52.